The van der Waals surface area contributed by atoms with Gasteiger partial charge in [0.05, 0.1) is 19.8 Å². The van der Waals surface area contributed by atoms with E-state index >= 15 is 0 Å². The summed E-state index contributed by atoms with van der Waals surface area (Å²) in [6.45, 7) is 20.7. The number of methoxy groups -OCH3 is 1. The van der Waals surface area contributed by atoms with Crippen LogP contribution < -0.4 is 9.47 Å². The van der Waals surface area contributed by atoms with Crippen molar-refractivity contribution < 1.29 is 29.2 Å². The van der Waals surface area contributed by atoms with Gasteiger partial charge in [-0.1, -0.05) is 70.5 Å². The van der Waals surface area contributed by atoms with Gasteiger partial charge < -0.3 is 24.4 Å². The van der Waals surface area contributed by atoms with Gasteiger partial charge in [0.2, 0.25) is 0 Å². The lowest BCUT2D eigenvalue weighted by Gasteiger charge is -2.20. The number of esters is 1. The summed E-state index contributed by atoms with van der Waals surface area (Å²) < 4.78 is 17.5. The summed E-state index contributed by atoms with van der Waals surface area (Å²) in [7, 11) is 1.61. The topological polar surface area (TPSA) is 85.2 Å². The second-order valence-electron chi connectivity index (χ2n) is 9.81. The van der Waals surface area contributed by atoms with Crippen molar-refractivity contribution in [3.05, 3.63) is 45.5 Å². The highest BCUT2D eigenvalue weighted by Crippen LogP contribution is 2.37. The Kier molecular flexibility index (Phi) is 22.2. The van der Waals surface area contributed by atoms with Gasteiger partial charge in [-0.05, 0) is 62.3 Å². The molecule has 7 heteroatoms. The van der Waals surface area contributed by atoms with Gasteiger partial charge in [0, 0.05) is 35.1 Å². The monoisotopic (exact) mass is 600 g/mol. The van der Waals surface area contributed by atoms with Gasteiger partial charge in [-0.2, -0.15) is 0 Å². The van der Waals surface area contributed by atoms with Gasteiger partial charge in [-0.15, -0.1) is 0 Å². The van der Waals surface area contributed by atoms with Gasteiger partial charge in [-0.3, -0.25) is 4.79 Å². The molecule has 38 heavy (non-hydrogen) atoms. The minimum Gasteiger partial charge on any atom is -0.496 e. The SMILES string of the molecule is CC.CC(C)CCO.COc1c([C@@H](O)CC(C)C)ccc(OC/C=C\C(C)=C(\Br)C(C)COC(C)=O)c1C. The Morgan fingerprint density at radius 1 is 1.08 bits per heavy atom. The summed E-state index contributed by atoms with van der Waals surface area (Å²) in [6, 6.07) is 3.75. The van der Waals surface area contributed by atoms with Crippen molar-refractivity contribution in [2.45, 2.75) is 88.2 Å². The van der Waals surface area contributed by atoms with E-state index in [1.807, 2.05) is 58.9 Å². The first-order valence-electron chi connectivity index (χ1n) is 13.6. The highest BCUT2D eigenvalue weighted by atomic mass is 79.9. The Hall–Kier alpha value is -1.83. The molecule has 0 saturated heterocycles. The minimum atomic E-state index is -0.563. The van der Waals surface area contributed by atoms with E-state index in [2.05, 4.69) is 43.6 Å². The Labute approximate surface area is 240 Å². The van der Waals surface area contributed by atoms with Crippen LogP contribution in [0, 0.1) is 24.7 Å². The van der Waals surface area contributed by atoms with Crippen molar-refractivity contribution in [3.8, 4) is 11.5 Å². The molecule has 2 atom stereocenters. The summed E-state index contributed by atoms with van der Waals surface area (Å²) in [4.78, 5) is 11.0. The minimum absolute atomic E-state index is 0.0794. The number of benzene rings is 1. The summed E-state index contributed by atoms with van der Waals surface area (Å²) in [6.07, 6.45) is 4.95. The zero-order valence-electron chi connectivity index (χ0n) is 25.6. The van der Waals surface area contributed by atoms with Crippen molar-refractivity contribution in [1.82, 2.24) is 0 Å². The molecule has 0 spiro atoms. The zero-order valence-corrected chi connectivity index (χ0v) is 27.1. The lowest BCUT2D eigenvalue weighted by molar-refractivity contribution is -0.141. The van der Waals surface area contributed by atoms with Crippen LogP contribution in [0.1, 0.15) is 92.4 Å². The lowest BCUT2D eigenvalue weighted by Crippen LogP contribution is -2.10. The molecule has 0 amide bonds. The quantitative estimate of drug-likeness (QED) is 0.176. The maximum absolute atomic E-state index is 11.0. The largest absolute Gasteiger partial charge is 0.496 e. The van der Waals surface area contributed by atoms with E-state index < -0.39 is 6.10 Å². The molecule has 2 N–H and O–H groups in total. The number of halogens is 1. The summed E-state index contributed by atoms with van der Waals surface area (Å²) in [5.74, 6) is 2.23. The zero-order chi connectivity index (χ0) is 29.8. The molecule has 0 saturated carbocycles. The molecule has 0 heterocycles. The van der Waals surface area contributed by atoms with Gasteiger partial charge in [0.25, 0.3) is 0 Å². The summed E-state index contributed by atoms with van der Waals surface area (Å²) in [5, 5.41) is 18.7. The molecular weight excluding hydrogens is 548 g/mol. The molecule has 1 aromatic carbocycles. The number of aliphatic hydroxyl groups excluding tert-OH is 2. The molecule has 0 aliphatic rings. The molecule has 0 aliphatic carbocycles. The first-order chi connectivity index (χ1) is 17.8. The van der Waals surface area contributed by atoms with E-state index in [4.69, 9.17) is 19.3 Å². The second kappa shape index (κ2) is 22.0. The van der Waals surface area contributed by atoms with E-state index in [-0.39, 0.29) is 11.9 Å². The van der Waals surface area contributed by atoms with Crippen LogP contribution in [0.4, 0.5) is 0 Å². The van der Waals surface area contributed by atoms with E-state index in [0.29, 0.717) is 43.8 Å². The van der Waals surface area contributed by atoms with Crippen LogP contribution >= 0.6 is 15.9 Å². The molecule has 0 bridgehead atoms. The smallest absolute Gasteiger partial charge is 0.302 e. The Bertz CT molecular complexity index is 845. The molecule has 0 aliphatic heterocycles. The number of hydrogen-bond acceptors (Lipinski definition) is 6. The van der Waals surface area contributed by atoms with E-state index in [0.717, 1.165) is 33.4 Å². The van der Waals surface area contributed by atoms with Gasteiger partial charge in [0.15, 0.2) is 0 Å². The normalized spacial score (nSPS) is 13.2. The summed E-state index contributed by atoms with van der Waals surface area (Å²) in [5.41, 5.74) is 2.70. The van der Waals surface area contributed by atoms with Crippen LogP contribution in [0.25, 0.3) is 0 Å². The maximum atomic E-state index is 11.0. The van der Waals surface area contributed by atoms with E-state index in [1.165, 1.54) is 6.92 Å². The molecule has 0 radical (unpaired) electrons. The predicted octanol–water partition coefficient (Wildman–Crippen LogP) is 7.94. The van der Waals surface area contributed by atoms with Crippen molar-refractivity contribution >= 4 is 21.9 Å². The number of rotatable bonds is 13. The fourth-order valence-electron chi connectivity index (χ4n) is 3.36. The highest BCUT2D eigenvalue weighted by Gasteiger charge is 2.19. The molecule has 6 nitrogen and oxygen atoms in total. The molecular formula is C31H53BrO6. The number of allylic oxidation sites excluding steroid dienone is 2. The second-order valence-corrected chi connectivity index (χ2v) is 10.7. The Morgan fingerprint density at radius 3 is 2.13 bits per heavy atom. The third-order valence-corrected chi connectivity index (χ3v) is 6.81. The fraction of sp³-hybridized carbons (Fsp3) is 0.645. The number of ether oxygens (including phenoxy) is 3. The Balaban J connectivity index is 0. The van der Waals surface area contributed by atoms with Crippen LogP contribution in [0.15, 0.2) is 34.3 Å². The van der Waals surface area contributed by atoms with Crippen LogP contribution in [-0.2, 0) is 9.53 Å². The average molecular weight is 602 g/mol. The molecule has 1 rings (SSSR count). The van der Waals surface area contributed by atoms with Crippen molar-refractivity contribution in [1.29, 1.82) is 0 Å². The first kappa shape index (κ1) is 38.3. The van der Waals surface area contributed by atoms with Crippen LogP contribution in [0.5, 0.6) is 11.5 Å². The molecule has 1 aromatic rings. The highest BCUT2D eigenvalue weighted by molar-refractivity contribution is 9.11. The van der Waals surface area contributed by atoms with E-state index in [1.54, 1.807) is 7.11 Å². The summed E-state index contributed by atoms with van der Waals surface area (Å²) >= 11 is 3.58. The molecule has 1 unspecified atom stereocenters. The van der Waals surface area contributed by atoms with Gasteiger partial charge in [-0.25, -0.2) is 0 Å². The third kappa shape index (κ3) is 16.2. The molecule has 0 fully saturated rings. The van der Waals surface area contributed by atoms with E-state index in [9.17, 15) is 9.90 Å². The van der Waals surface area contributed by atoms with Crippen LogP contribution in [-0.4, -0.2) is 43.1 Å². The van der Waals surface area contributed by atoms with Gasteiger partial charge >= 0.3 is 5.97 Å². The predicted molar refractivity (Wildman–Crippen MR) is 162 cm³/mol. The fourth-order valence-corrected chi connectivity index (χ4v) is 3.63. The van der Waals surface area contributed by atoms with Crippen molar-refractivity contribution in [2.75, 3.05) is 26.9 Å². The average Bonchev–Trinajstić information content (AvgIpc) is 2.86. The molecule has 220 valence electrons. The Morgan fingerprint density at radius 2 is 1.68 bits per heavy atom. The maximum Gasteiger partial charge on any atom is 0.302 e. The van der Waals surface area contributed by atoms with Crippen molar-refractivity contribution in [2.24, 2.45) is 17.8 Å². The third-order valence-electron chi connectivity index (χ3n) is 5.40. The number of aliphatic hydroxyl groups is 2. The van der Waals surface area contributed by atoms with Gasteiger partial charge in [0.1, 0.15) is 18.1 Å². The van der Waals surface area contributed by atoms with Crippen LogP contribution in [0.2, 0.25) is 0 Å². The number of carbonyl (C=O) groups is 1. The molecule has 0 aromatic heterocycles. The standard InChI is InChI=1S/C24H35BrO5.C5H12O.C2H6/c1-15(2)13-21(27)20-10-11-22(18(5)24(20)28-7)29-12-8-9-16(3)23(25)17(4)14-30-19(6)26;1-5(2)3-4-6;1-2/h8-11,15,17,21,27H,12-14H2,1-7H3;5-6H,3-4H2,1-2H3;1-2H3/b9-8-,23-16+;;/t17?,21-;;/m0../s1. The lowest BCUT2D eigenvalue weighted by atomic mass is 9.97. The van der Waals surface area contributed by atoms with Crippen LogP contribution in [0.3, 0.4) is 0 Å². The number of carbonyl (C=O) groups excluding carboxylic acids is 1. The van der Waals surface area contributed by atoms with Crippen molar-refractivity contribution in [3.63, 3.8) is 0 Å². The number of hydrogen-bond donors (Lipinski definition) is 2. The first-order valence-corrected chi connectivity index (χ1v) is 14.4.